The summed E-state index contributed by atoms with van der Waals surface area (Å²) < 4.78 is 0. The summed E-state index contributed by atoms with van der Waals surface area (Å²) in [7, 11) is 0. The second-order valence-corrected chi connectivity index (χ2v) is 8.95. The summed E-state index contributed by atoms with van der Waals surface area (Å²) in [4.78, 5) is 43.7. The number of imide groups is 1. The van der Waals surface area contributed by atoms with E-state index in [1.807, 2.05) is 61.5 Å². The van der Waals surface area contributed by atoms with Gasteiger partial charge in [0.15, 0.2) is 0 Å². The van der Waals surface area contributed by atoms with E-state index in [1.54, 1.807) is 4.90 Å². The highest BCUT2D eigenvalue weighted by Gasteiger charge is 2.70. The third-order valence-electron chi connectivity index (χ3n) is 6.60. The number of anilines is 1. The zero-order valence-corrected chi connectivity index (χ0v) is 18.1. The van der Waals surface area contributed by atoms with Gasteiger partial charge in [0.2, 0.25) is 11.8 Å². The van der Waals surface area contributed by atoms with Gasteiger partial charge in [-0.15, -0.1) is 0 Å². The van der Waals surface area contributed by atoms with Gasteiger partial charge in [0.05, 0.1) is 18.4 Å². The molecular weight excluding hydrogens is 446 g/mol. The van der Waals surface area contributed by atoms with Gasteiger partial charge in [0, 0.05) is 29.2 Å². The quantitative estimate of drug-likeness (QED) is 0.553. The van der Waals surface area contributed by atoms with Gasteiger partial charge < -0.3 is 4.90 Å². The van der Waals surface area contributed by atoms with Crippen LogP contribution >= 0.6 is 15.9 Å². The molecule has 1 spiro atoms. The van der Waals surface area contributed by atoms with Gasteiger partial charge in [0.25, 0.3) is 5.91 Å². The Hall–Kier alpha value is -2.51. The highest BCUT2D eigenvalue weighted by Crippen LogP contribution is 2.54. The minimum Gasteiger partial charge on any atom is -0.309 e. The number of fused-ring (bicyclic) bond motifs is 4. The number of benzene rings is 2. The van der Waals surface area contributed by atoms with Crippen LogP contribution in [0.15, 0.2) is 54.6 Å². The number of hydrogen-bond donors (Lipinski definition) is 1. The largest absolute Gasteiger partial charge is 0.309 e. The molecule has 3 aliphatic rings. The minimum atomic E-state index is -1.19. The summed E-state index contributed by atoms with van der Waals surface area (Å²) in [5.74, 6) is -1.91. The monoisotopic (exact) mass is 467 g/mol. The van der Waals surface area contributed by atoms with Crippen molar-refractivity contribution in [1.82, 2.24) is 10.2 Å². The Morgan fingerprint density at radius 2 is 1.67 bits per heavy atom. The fourth-order valence-corrected chi connectivity index (χ4v) is 5.75. The molecule has 2 aromatic carbocycles. The Kier molecular flexibility index (Phi) is 4.56. The van der Waals surface area contributed by atoms with Crippen molar-refractivity contribution in [3.8, 4) is 0 Å². The number of carbonyl (C=O) groups excluding carboxylic acids is 3. The van der Waals surface area contributed by atoms with Crippen LogP contribution in [0.25, 0.3) is 0 Å². The number of para-hydroxylation sites is 1. The van der Waals surface area contributed by atoms with Crippen molar-refractivity contribution in [2.45, 2.75) is 25.0 Å². The van der Waals surface area contributed by atoms with Crippen LogP contribution in [-0.4, -0.2) is 40.5 Å². The summed E-state index contributed by atoms with van der Waals surface area (Å²) in [5, 5.41) is 4.02. The fourth-order valence-electron chi connectivity index (χ4n) is 5.40. The van der Waals surface area contributed by atoms with Crippen molar-refractivity contribution in [3.05, 3.63) is 65.7 Å². The highest BCUT2D eigenvalue weighted by molar-refractivity contribution is 9.09. The predicted molar refractivity (Wildman–Crippen MR) is 116 cm³/mol. The Morgan fingerprint density at radius 1 is 0.967 bits per heavy atom. The summed E-state index contributed by atoms with van der Waals surface area (Å²) >= 11 is 3.43. The van der Waals surface area contributed by atoms with Crippen LogP contribution in [0.2, 0.25) is 0 Å². The van der Waals surface area contributed by atoms with Crippen molar-refractivity contribution in [3.63, 3.8) is 0 Å². The van der Waals surface area contributed by atoms with E-state index in [-0.39, 0.29) is 30.3 Å². The van der Waals surface area contributed by atoms with Crippen molar-refractivity contribution < 1.29 is 14.4 Å². The number of halogens is 1. The molecule has 0 unspecified atom stereocenters. The van der Waals surface area contributed by atoms with E-state index >= 15 is 0 Å². The molecule has 0 saturated carbocycles. The molecule has 4 atom stereocenters. The number of alkyl halides is 1. The number of nitrogens with one attached hydrogen (secondary N) is 1. The van der Waals surface area contributed by atoms with Crippen molar-refractivity contribution >= 4 is 39.3 Å². The first-order chi connectivity index (χ1) is 14.5. The summed E-state index contributed by atoms with van der Waals surface area (Å²) in [5.41, 5.74) is 1.30. The number of rotatable bonds is 4. The van der Waals surface area contributed by atoms with E-state index in [0.717, 1.165) is 16.8 Å². The van der Waals surface area contributed by atoms with Crippen LogP contribution < -0.4 is 10.2 Å². The first kappa shape index (κ1) is 19.5. The van der Waals surface area contributed by atoms with Gasteiger partial charge in [0.1, 0.15) is 5.54 Å². The summed E-state index contributed by atoms with van der Waals surface area (Å²) in [6.07, 6.45) is 0. The van der Waals surface area contributed by atoms with Crippen LogP contribution in [0.3, 0.4) is 0 Å². The maximum atomic E-state index is 13.7. The van der Waals surface area contributed by atoms with Crippen LogP contribution in [0, 0.1) is 11.8 Å². The number of hydrogen-bond acceptors (Lipinski definition) is 4. The molecular formula is C23H22BrN3O3. The smallest absolute Gasteiger partial charge is 0.252 e. The number of likely N-dealkylation sites (tertiary alicyclic amines) is 1. The lowest BCUT2D eigenvalue weighted by Gasteiger charge is -2.30. The average molecular weight is 468 g/mol. The van der Waals surface area contributed by atoms with Gasteiger partial charge in [-0.1, -0.05) is 64.5 Å². The zero-order chi connectivity index (χ0) is 21.0. The molecule has 2 aromatic rings. The van der Waals surface area contributed by atoms with Crippen molar-refractivity contribution in [2.75, 3.05) is 16.8 Å². The third-order valence-corrected chi connectivity index (χ3v) is 6.95. The van der Waals surface area contributed by atoms with Gasteiger partial charge in [-0.2, -0.15) is 0 Å². The molecule has 7 heteroatoms. The molecule has 0 bridgehead atoms. The number of nitrogens with zero attached hydrogens (tertiary/aromatic N) is 2. The van der Waals surface area contributed by atoms with E-state index in [1.165, 1.54) is 4.90 Å². The normalized spacial score (nSPS) is 29.8. The Morgan fingerprint density at radius 3 is 2.40 bits per heavy atom. The number of amides is 3. The van der Waals surface area contributed by atoms with E-state index in [2.05, 4.69) is 21.2 Å². The minimum absolute atomic E-state index is 0.148. The predicted octanol–water partition coefficient (Wildman–Crippen LogP) is 2.42. The molecule has 6 nitrogen and oxygen atoms in total. The second kappa shape index (κ2) is 7.03. The Balaban J connectivity index is 1.60. The molecule has 3 aliphatic heterocycles. The van der Waals surface area contributed by atoms with Gasteiger partial charge in [-0.05, 0) is 18.6 Å². The van der Waals surface area contributed by atoms with Crippen LogP contribution in [-0.2, 0) is 26.5 Å². The maximum Gasteiger partial charge on any atom is 0.252 e. The first-order valence-corrected chi connectivity index (χ1v) is 11.3. The number of carbonyl (C=O) groups is 3. The van der Waals surface area contributed by atoms with Gasteiger partial charge >= 0.3 is 0 Å². The molecule has 1 N–H and O–H groups in total. The van der Waals surface area contributed by atoms with E-state index in [9.17, 15) is 14.4 Å². The second-order valence-electron chi connectivity index (χ2n) is 8.16. The average Bonchev–Trinajstić information content (AvgIpc) is 3.29. The molecule has 3 heterocycles. The van der Waals surface area contributed by atoms with E-state index in [0.29, 0.717) is 11.9 Å². The highest BCUT2D eigenvalue weighted by atomic mass is 79.9. The fraction of sp³-hybridized carbons (Fsp3) is 0.348. The lowest BCUT2D eigenvalue weighted by molar-refractivity contribution is -0.143. The molecule has 2 saturated heterocycles. The van der Waals surface area contributed by atoms with E-state index < -0.39 is 17.4 Å². The zero-order valence-electron chi connectivity index (χ0n) is 16.5. The van der Waals surface area contributed by atoms with Gasteiger partial charge in [-0.25, -0.2) is 0 Å². The lowest BCUT2D eigenvalue weighted by atomic mass is 9.76. The Labute approximate surface area is 183 Å². The molecule has 0 radical (unpaired) electrons. The maximum absolute atomic E-state index is 13.7. The van der Waals surface area contributed by atoms with Crippen LogP contribution in [0.1, 0.15) is 18.1 Å². The third kappa shape index (κ3) is 2.48. The molecule has 3 amide bonds. The molecule has 5 rings (SSSR count). The summed E-state index contributed by atoms with van der Waals surface area (Å²) in [6.45, 7) is 2.63. The van der Waals surface area contributed by atoms with Crippen molar-refractivity contribution in [1.29, 1.82) is 0 Å². The van der Waals surface area contributed by atoms with Crippen LogP contribution in [0.5, 0.6) is 0 Å². The SMILES string of the molecule is C[C@@H]1N[C@]2(C(=O)N(CCBr)c3ccccc32)[C@@H]2C(=O)N(Cc3ccccc3)C(=O)[C@@H]12. The topological polar surface area (TPSA) is 69.7 Å². The lowest BCUT2D eigenvalue weighted by Crippen LogP contribution is -2.55. The molecule has 0 aromatic heterocycles. The standard InChI is InChI=1S/C23H22BrN3O3/c1-14-18-19(21(29)27(20(18)28)13-15-7-3-2-4-8-15)23(25-14)16-9-5-6-10-17(16)26(12-11-24)22(23)30/h2-10,14,18-19,25H,11-13H2,1H3/t14-,18-,19-,23-/m0/s1. The van der Waals surface area contributed by atoms with E-state index in [4.69, 9.17) is 0 Å². The Bertz CT molecular complexity index is 1040. The van der Waals surface area contributed by atoms with Crippen LogP contribution in [0.4, 0.5) is 5.69 Å². The first-order valence-electron chi connectivity index (χ1n) is 10.1. The molecule has 30 heavy (non-hydrogen) atoms. The molecule has 2 fully saturated rings. The molecule has 154 valence electrons. The summed E-state index contributed by atoms with van der Waals surface area (Å²) in [6, 6.07) is 16.8. The molecule has 0 aliphatic carbocycles. The van der Waals surface area contributed by atoms with Crippen molar-refractivity contribution in [2.24, 2.45) is 11.8 Å². The van der Waals surface area contributed by atoms with Gasteiger partial charge in [-0.3, -0.25) is 24.6 Å².